The molecular weight excluding hydrogens is 400 g/mol. The van der Waals surface area contributed by atoms with Crippen molar-refractivity contribution in [2.45, 2.75) is 13.0 Å². The normalized spacial score (nSPS) is 14.7. The van der Waals surface area contributed by atoms with E-state index in [1.165, 1.54) is 11.3 Å². The van der Waals surface area contributed by atoms with Gasteiger partial charge in [0.2, 0.25) is 11.8 Å². The highest BCUT2D eigenvalue weighted by atomic mass is 35.5. The summed E-state index contributed by atoms with van der Waals surface area (Å²) in [4.78, 5) is 32.4. The van der Waals surface area contributed by atoms with E-state index < -0.39 is 0 Å². The van der Waals surface area contributed by atoms with E-state index in [-0.39, 0.29) is 18.2 Å². The van der Waals surface area contributed by atoms with E-state index in [0.29, 0.717) is 44.4 Å². The number of aromatic nitrogens is 1. The number of ether oxygens (including phenoxy) is 1. The van der Waals surface area contributed by atoms with Gasteiger partial charge in [-0.2, -0.15) is 0 Å². The van der Waals surface area contributed by atoms with Crippen molar-refractivity contribution in [3.63, 3.8) is 0 Å². The van der Waals surface area contributed by atoms with E-state index >= 15 is 0 Å². The molecule has 1 aromatic carbocycles. The molecule has 1 saturated heterocycles. The topological polar surface area (TPSA) is 74.8 Å². The Bertz CT molecular complexity index is 804. The molecule has 2 aromatic rings. The summed E-state index contributed by atoms with van der Waals surface area (Å²) >= 11 is 7.34. The molecule has 7 nitrogen and oxygen atoms in total. The van der Waals surface area contributed by atoms with Gasteiger partial charge in [-0.05, 0) is 24.3 Å². The van der Waals surface area contributed by atoms with Crippen LogP contribution in [-0.2, 0) is 22.6 Å². The van der Waals surface area contributed by atoms with Gasteiger partial charge in [-0.25, -0.2) is 4.98 Å². The van der Waals surface area contributed by atoms with Crippen LogP contribution in [0, 0.1) is 0 Å². The van der Waals surface area contributed by atoms with Gasteiger partial charge in [0.1, 0.15) is 17.4 Å². The average molecular weight is 423 g/mol. The fraction of sp³-hybridized carbons (Fsp3) is 0.421. The Morgan fingerprint density at radius 3 is 2.61 bits per heavy atom. The molecule has 1 aliphatic rings. The molecule has 150 valence electrons. The van der Waals surface area contributed by atoms with Gasteiger partial charge in [0.15, 0.2) is 0 Å². The van der Waals surface area contributed by atoms with Crippen molar-refractivity contribution in [3.05, 3.63) is 45.4 Å². The Kier molecular flexibility index (Phi) is 7.24. The summed E-state index contributed by atoms with van der Waals surface area (Å²) in [6.45, 7) is 3.41. The van der Waals surface area contributed by atoms with Crippen LogP contribution >= 0.6 is 22.9 Å². The molecule has 2 amide bonds. The maximum absolute atomic E-state index is 12.5. The maximum Gasteiger partial charge on any atom is 0.233 e. The van der Waals surface area contributed by atoms with Crippen molar-refractivity contribution in [1.29, 1.82) is 0 Å². The van der Waals surface area contributed by atoms with E-state index in [2.05, 4.69) is 15.2 Å². The lowest BCUT2D eigenvalue weighted by Crippen LogP contribution is -2.51. The van der Waals surface area contributed by atoms with Crippen molar-refractivity contribution in [3.8, 4) is 5.75 Å². The van der Waals surface area contributed by atoms with E-state index in [9.17, 15) is 9.59 Å². The number of carbonyl (C=O) groups excluding carboxylic acids is 2. The Morgan fingerprint density at radius 2 is 1.93 bits per heavy atom. The van der Waals surface area contributed by atoms with Gasteiger partial charge >= 0.3 is 0 Å². The van der Waals surface area contributed by atoms with Crippen molar-refractivity contribution in [1.82, 2.24) is 20.1 Å². The molecule has 0 unspecified atom stereocenters. The fourth-order valence-electron chi connectivity index (χ4n) is 2.88. The number of amides is 2. The zero-order chi connectivity index (χ0) is 19.9. The quantitative estimate of drug-likeness (QED) is 0.736. The molecule has 28 heavy (non-hydrogen) atoms. The number of rotatable bonds is 7. The highest BCUT2D eigenvalue weighted by molar-refractivity contribution is 7.09. The molecule has 3 rings (SSSR count). The third-order valence-electron chi connectivity index (χ3n) is 4.48. The fourth-order valence-corrected chi connectivity index (χ4v) is 3.71. The lowest BCUT2D eigenvalue weighted by atomic mass is 10.2. The molecule has 0 radical (unpaired) electrons. The molecular formula is C19H23ClN4O3S. The number of benzene rings is 1. The second-order valence-corrected chi connectivity index (χ2v) is 7.86. The number of nitrogens with zero attached hydrogens (tertiary/aromatic N) is 3. The first-order valence-electron chi connectivity index (χ1n) is 9.06. The summed E-state index contributed by atoms with van der Waals surface area (Å²) in [7, 11) is 1.63. The lowest BCUT2D eigenvalue weighted by molar-refractivity contribution is -0.132. The van der Waals surface area contributed by atoms with Crippen LogP contribution in [0.1, 0.15) is 10.7 Å². The van der Waals surface area contributed by atoms with Crippen molar-refractivity contribution in [2.24, 2.45) is 0 Å². The summed E-state index contributed by atoms with van der Waals surface area (Å²) in [6, 6.07) is 7.17. The molecule has 0 bridgehead atoms. The highest BCUT2D eigenvalue weighted by Gasteiger charge is 2.22. The number of nitrogens with one attached hydrogen (secondary N) is 1. The SMILES string of the molecule is CNC(=O)CN1CCN(C(=O)Cc2csc(COc3ccc(Cl)cc3)n2)CC1. The average Bonchev–Trinajstić information content (AvgIpc) is 3.15. The van der Waals surface area contributed by atoms with Crippen LogP contribution in [0.15, 0.2) is 29.6 Å². The zero-order valence-corrected chi connectivity index (χ0v) is 17.3. The van der Waals surface area contributed by atoms with Gasteiger partial charge in [-0.3, -0.25) is 14.5 Å². The summed E-state index contributed by atoms with van der Waals surface area (Å²) in [6.07, 6.45) is 0.285. The number of halogens is 1. The number of hydrogen-bond donors (Lipinski definition) is 1. The van der Waals surface area contributed by atoms with Crippen LogP contribution in [0.3, 0.4) is 0 Å². The van der Waals surface area contributed by atoms with Gasteiger partial charge in [0.25, 0.3) is 0 Å². The third kappa shape index (κ3) is 5.92. The minimum atomic E-state index is -0.00408. The van der Waals surface area contributed by atoms with Gasteiger partial charge < -0.3 is 15.0 Å². The molecule has 1 aromatic heterocycles. The molecule has 0 spiro atoms. The first-order valence-corrected chi connectivity index (χ1v) is 10.3. The van der Waals surface area contributed by atoms with Crippen molar-refractivity contribution >= 4 is 34.8 Å². The summed E-state index contributed by atoms with van der Waals surface area (Å²) in [5.41, 5.74) is 0.762. The number of carbonyl (C=O) groups is 2. The summed E-state index contributed by atoms with van der Waals surface area (Å²) < 4.78 is 5.69. The monoisotopic (exact) mass is 422 g/mol. The first kappa shape index (κ1) is 20.6. The van der Waals surface area contributed by atoms with Crippen LogP contribution in [0.5, 0.6) is 5.75 Å². The molecule has 0 saturated carbocycles. The van der Waals surface area contributed by atoms with Crippen LogP contribution < -0.4 is 10.1 Å². The summed E-state index contributed by atoms with van der Waals surface area (Å²) in [5.74, 6) is 0.789. The summed E-state index contributed by atoms with van der Waals surface area (Å²) in [5, 5.41) is 6.01. The second kappa shape index (κ2) is 9.86. The molecule has 1 aliphatic heterocycles. The van der Waals surface area contributed by atoms with E-state index in [0.717, 1.165) is 16.5 Å². The molecule has 0 aliphatic carbocycles. The zero-order valence-electron chi connectivity index (χ0n) is 15.7. The van der Waals surface area contributed by atoms with Crippen molar-refractivity contribution in [2.75, 3.05) is 39.8 Å². The Balaban J connectivity index is 1.44. The molecule has 9 heteroatoms. The smallest absolute Gasteiger partial charge is 0.233 e. The van der Waals surface area contributed by atoms with Gasteiger partial charge in [0, 0.05) is 43.6 Å². The van der Waals surface area contributed by atoms with E-state index in [4.69, 9.17) is 16.3 Å². The van der Waals surface area contributed by atoms with Gasteiger partial charge in [0.05, 0.1) is 18.7 Å². The molecule has 1 fully saturated rings. The minimum absolute atomic E-state index is 0.00408. The lowest BCUT2D eigenvalue weighted by Gasteiger charge is -2.34. The Hall–Kier alpha value is -2.16. The van der Waals surface area contributed by atoms with Crippen LogP contribution in [0.25, 0.3) is 0 Å². The maximum atomic E-state index is 12.5. The molecule has 0 atom stereocenters. The number of thiazole rings is 1. The molecule has 2 heterocycles. The van der Waals surface area contributed by atoms with E-state index in [1.807, 2.05) is 22.4 Å². The van der Waals surface area contributed by atoms with Crippen LogP contribution in [0.2, 0.25) is 5.02 Å². The first-order chi connectivity index (χ1) is 13.5. The highest BCUT2D eigenvalue weighted by Crippen LogP contribution is 2.18. The predicted octanol–water partition coefficient (Wildman–Crippen LogP) is 1.81. The van der Waals surface area contributed by atoms with Crippen LogP contribution in [0.4, 0.5) is 0 Å². The largest absolute Gasteiger partial charge is 0.486 e. The Labute approximate surface area is 173 Å². The number of piperazine rings is 1. The number of likely N-dealkylation sites (N-methyl/N-ethyl adjacent to an activating group) is 1. The van der Waals surface area contributed by atoms with Gasteiger partial charge in [-0.15, -0.1) is 11.3 Å². The third-order valence-corrected chi connectivity index (χ3v) is 5.60. The number of hydrogen-bond acceptors (Lipinski definition) is 6. The van der Waals surface area contributed by atoms with E-state index in [1.54, 1.807) is 19.2 Å². The van der Waals surface area contributed by atoms with Crippen LogP contribution in [-0.4, -0.2) is 66.4 Å². The van der Waals surface area contributed by atoms with Crippen molar-refractivity contribution < 1.29 is 14.3 Å². The minimum Gasteiger partial charge on any atom is -0.486 e. The standard InChI is InChI=1S/C19H23ClN4O3S/c1-21-17(25)11-23-6-8-24(9-7-23)19(26)10-15-13-28-18(22-15)12-27-16-4-2-14(20)3-5-16/h2-5,13H,6-12H2,1H3,(H,21,25). The second-order valence-electron chi connectivity index (χ2n) is 6.48. The van der Waals surface area contributed by atoms with Gasteiger partial charge in [-0.1, -0.05) is 11.6 Å². The Morgan fingerprint density at radius 1 is 1.21 bits per heavy atom. The predicted molar refractivity (Wildman–Crippen MR) is 109 cm³/mol. The molecule has 1 N–H and O–H groups in total.